The van der Waals surface area contributed by atoms with Crippen molar-refractivity contribution in [1.82, 2.24) is 10.6 Å². The molecule has 1 aromatic heterocycles. The maximum Gasteiger partial charge on any atom is 0.431 e. The van der Waals surface area contributed by atoms with Crippen LogP contribution in [0.15, 0.2) is 9.32 Å². The predicted octanol–water partition coefficient (Wildman–Crippen LogP) is -0.939. The molecule has 84 valence electrons. The quantitative estimate of drug-likeness (QED) is 0.635. The average Bonchev–Trinajstić information content (AvgIpc) is 2.82. The Bertz CT molecular complexity index is 365. The molecule has 2 heterocycles. The molecule has 0 radical (unpaired) electrons. The second kappa shape index (κ2) is 4.59. The first kappa shape index (κ1) is 10.4. The summed E-state index contributed by atoms with van der Waals surface area (Å²) in [5, 5.41) is 5.66. The number of nitrogens with zero attached hydrogens (tertiary/aromatic N) is 1. The minimum atomic E-state index is -0.322. The van der Waals surface area contributed by atoms with Crippen LogP contribution in [0, 0.1) is 0 Å². The van der Waals surface area contributed by atoms with Crippen molar-refractivity contribution < 1.29 is 13.9 Å². The number of H-pyrrole nitrogens is 1. The number of aryl methyl sites for hydroxylation is 1. The van der Waals surface area contributed by atoms with Crippen LogP contribution < -0.4 is 15.6 Å². The number of hydrogen-bond donors (Lipinski definition) is 2. The van der Waals surface area contributed by atoms with E-state index in [2.05, 4.69) is 15.1 Å². The summed E-state index contributed by atoms with van der Waals surface area (Å²) in [4.78, 5) is 11.2. The van der Waals surface area contributed by atoms with Gasteiger partial charge in [-0.1, -0.05) is 4.68 Å². The van der Waals surface area contributed by atoms with Gasteiger partial charge >= 0.3 is 11.3 Å². The fraction of sp³-hybridized carbons (Fsp3) is 0.778. The molecule has 0 aliphatic carbocycles. The van der Waals surface area contributed by atoms with Crippen LogP contribution in [-0.4, -0.2) is 24.5 Å². The molecule has 1 aliphatic heterocycles. The number of rotatable bonds is 4. The highest BCUT2D eigenvalue weighted by atomic mass is 16.5. The van der Waals surface area contributed by atoms with Gasteiger partial charge < -0.3 is 10.1 Å². The molecule has 2 rings (SSSR count). The number of hydrogen-bond acceptors (Lipinski definition) is 4. The monoisotopic (exact) mass is 214 g/mol. The van der Waals surface area contributed by atoms with Crippen LogP contribution in [0.4, 0.5) is 0 Å². The van der Waals surface area contributed by atoms with Crippen molar-refractivity contribution in [2.75, 3.05) is 13.2 Å². The first-order valence-electron chi connectivity index (χ1n) is 5.16. The van der Waals surface area contributed by atoms with Gasteiger partial charge in [0, 0.05) is 13.2 Å². The summed E-state index contributed by atoms with van der Waals surface area (Å²) in [6.45, 7) is 2.14. The van der Waals surface area contributed by atoms with Gasteiger partial charge in [0.05, 0.1) is 12.6 Å². The average molecular weight is 214 g/mol. The predicted molar refractivity (Wildman–Crippen MR) is 51.2 cm³/mol. The summed E-state index contributed by atoms with van der Waals surface area (Å²) in [5.74, 6) is 0. The van der Waals surface area contributed by atoms with E-state index in [1.54, 1.807) is 11.7 Å². The molecular formula is C9H16N3O3+. The summed E-state index contributed by atoms with van der Waals surface area (Å²) in [5.41, 5.74) is 0.269. The molecule has 0 amide bonds. The molecule has 1 aliphatic rings. The summed E-state index contributed by atoms with van der Waals surface area (Å²) in [7, 11) is 1.74. The van der Waals surface area contributed by atoms with Gasteiger partial charge in [-0.05, 0) is 18.1 Å². The molecule has 0 bridgehead atoms. The highest BCUT2D eigenvalue weighted by Gasteiger charge is 2.19. The zero-order chi connectivity index (χ0) is 10.7. The lowest BCUT2D eigenvalue weighted by molar-refractivity contribution is -0.746. The van der Waals surface area contributed by atoms with Gasteiger partial charge in [-0.15, -0.1) is 0 Å². The number of aromatic nitrogens is 2. The molecule has 1 saturated heterocycles. The zero-order valence-electron chi connectivity index (χ0n) is 8.78. The van der Waals surface area contributed by atoms with Crippen molar-refractivity contribution in [1.29, 1.82) is 0 Å². The fourth-order valence-corrected chi connectivity index (χ4v) is 1.71. The van der Waals surface area contributed by atoms with Crippen molar-refractivity contribution in [3.8, 4) is 0 Å². The Morgan fingerprint density at radius 1 is 1.67 bits per heavy atom. The van der Waals surface area contributed by atoms with Crippen LogP contribution in [0.1, 0.15) is 18.5 Å². The van der Waals surface area contributed by atoms with Crippen LogP contribution in [-0.2, 0) is 18.3 Å². The summed E-state index contributed by atoms with van der Waals surface area (Å²) >= 11 is 0. The first-order valence-corrected chi connectivity index (χ1v) is 5.16. The van der Waals surface area contributed by atoms with Crippen LogP contribution in [0.5, 0.6) is 0 Å². The van der Waals surface area contributed by atoms with E-state index in [0.717, 1.165) is 26.0 Å². The number of ether oxygens (including phenoxy) is 1. The third-order valence-electron chi connectivity index (χ3n) is 2.60. The molecule has 6 nitrogen and oxygen atoms in total. The molecule has 0 aromatic carbocycles. The van der Waals surface area contributed by atoms with Gasteiger partial charge in [-0.25, -0.2) is 4.79 Å². The Morgan fingerprint density at radius 2 is 2.53 bits per heavy atom. The Hall–Kier alpha value is -1.14. The largest absolute Gasteiger partial charge is 0.431 e. The minimum Gasteiger partial charge on any atom is -0.377 e. The van der Waals surface area contributed by atoms with E-state index in [1.807, 2.05) is 0 Å². The van der Waals surface area contributed by atoms with E-state index in [1.165, 1.54) is 0 Å². The normalized spacial score (nSPS) is 21.0. The summed E-state index contributed by atoms with van der Waals surface area (Å²) in [6.07, 6.45) is 2.52. The van der Waals surface area contributed by atoms with Gasteiger partial charge in [-0.3, -0.25) is 4.52 Å². The third-order valence-corrected chi connectivity index (χ3v) is 2.60. The van der Waals surface area contributed by atoms with Crippen molar-refractivity contribution in [2.24, 2.45) is 7.05 Å². The van der Waals surface area contributed by atoms with Crippen LogP contribution in [0.2, 0.25) is 0 Å². The Balaban J connectivity index is 1.80. The molecule has 0 saturated carbocycles. The Labute approximate surface area is 87.2 Å². The van der Waals surface area contributed by atoms with Crippen LogP contribution in [0.25, 0.3) is 0 Å². The first-order chi connectivity index (χ1) is 7.27. The third kappa shape index (κ3) is 2.45. The van der Waals surface area contributed by atoms with Crippen molar-refractivity contribution >= 4 is 0 Å². The van der Waals surface area contributed by atoms with E-state index in [-0.39, 0.29) is 5.63 Å². The second-order valence-electron chi connectivity index (χ2n) is 3.75. The van der Waals surface area contributed by atoms with Gasteiger partial charge in [0.15, 0.2) is 7.05 Å². The molecule has 1 unspecified atom stereocenters. The molecule has 1 atom stereocenters. The highest BCUT2D eigenvalue weighted by molar-refractivity contribution is 4.82. The standard InChI is InChI=1S/C9H15N3O3/c1-12-8(9(13)15-11-12)6-10-5-7-3-2-4-14-7/h7,10H,2-6H2,1H3/p+1. The lowest BCUT2D eigenvalue weighted by Gasteiger charge is -2.08. The molecule has 6 heteroatoms. The second-order valence-corrected chi connectivity index (χ2v) is 3.75. The van der Waals surface area contributed by atoms with Crippen molar-refractivity contribution in [2.45, 2.75) is 25.5 Å². The van der Waals surface area contributed by atoms with Crippen LogP contribution >= 0.6 is 0 Å². The SMILES string of the molecule is C[n+]1[nH]oc(=O)c1CNCC1CCCO1. The smallest absolute Gasteiger partial charge is 0.377 e. The molecule has 0 spiro atoms. The molecule has 15 heavy (non-hydrogen) atoms. The number of nitrogens with one attached hydrogen (secondary N) is 2. The van der Waals surface area contributed by atoms with Gasteiger partial charge in [0.1, 0.15) is 0 Å². The highest BCUT2D eigenvalue weighted by Crippen LogP contribution is 2.10. The lowest BCUT2D eigenvalue weighted by atomic mass is 10.2. The topological polar surface area (TPSA) is 71.1 Å². The van der Waals surface area contributed by atoms with E-state index in [4.69, 9.17) is 4.74 Å². The summed E-state index contributed by atoms with van der Waals surface area (Å²) in [6, 6.07) is 0. The zero-order valence-corrected chi connectivity index (χ0v) is 8.78. The Morgan fingerprint density at radius 3 is 3.13 bits per heavy atom. The van der Waals surface area contributed by atoms with Gasteiger partial charge in [0.25, 0.3) is 0 Å². The lowest BCUT2D eigenvalue weighted by Crippen LogP contribution is -2.40. The molecule has 2 N–H and O–H groups in total. The van der Waals surface area contributed by atoms with Crippen LogP contribution in [0.3, 0.4) is 0 Å². The number of aromatic amines is 1. The fourth-order valence-electron chi connectivity index (χ4n) is 1.71. The molecule has 1 fully saturated rings. The van der Waals surface area contributed by atoms with E-state index in [0.29, 0.717) is 18.3 Å². The van der Waals surface area contributed by atoms with E-state index in [9.17, 15) is 4.79 Å². The summed E-state index contributed by atoms with van der Waals surface area (Å²) < 4.78 is 11.7. The van der Waals surface area contributed by atoms with Crippen molar-refractivity contribution in [3.05, 3.63) is 16.1 Å². The van der Waals surface area contributed by atoms with Gasteiger partial charge in [0.2, 0.25) is 0 Å². The molecule has 1 aromatic rings. The van der Waals surface area contributed by atoms with Gasteiger partial charge in [-0.2, -0.15) is 0 Å². The maximum absolute atomic E-state index is 11.2. The van der Waals surface area contributed by atoms with E-state index >= 15 is 0 Å². The Kier molecular flexibility index (Phi) is 3.17. The molecular weight excluding hydrogens is 198 g/mol. The van der Waals surface area contributed by atoms with E-state index < -0.39 is 0 Å². The minimum absolute atomic E-state index is 0.293. The van der Waals surface area contributed by atoms with Crippen molar-refractivity contribution in [3.63, 3.8) is 0 Å². The maximum atomic E-state index is 11.2.